The van der Waals surface area contributed by atoms with Crippen molar-refractivity contribution in [3.63, 3.8) is 0 Å². The van der Waals surface area contributed by atoms with Gasteiger partial charge in [-0.05, 0) is 25.5 Å². The number of halogens is 1. The van der Waals surface area contributed by atoms with Crippen LogP contribution < -0.4 is 0 Å². The molecule has 0 spiro atoms. The first-order chi connectivity index (χ1) is 8.18. The fourth-order valence-corrected chi connectivity index (χ4v) is 1.98. The normalized spacial score (nSPS) is 21.1. The number of carbonyl (C=O) groups is 1. The van der Waals surface area contributed by atoms with E-state index >= 15 is 0 Å². The molecule has 1 fully saturated rings. The summed E-state index contributed by atoms with van der Waals surface area (Å²) in [4.78, 5) is 13.8. The Balaban J connectivity index is 2.16. The molecule has 1 heterocycles. The molecule has 1 saturated heterocycles. The molecular weight excluding hydrogens is 221 g/mol. The SMILES string of the molecule is CC1CN(C(=O)c2ccccc2F)CCCO1. The molecule has 17 heavy (non-hydrogen) atoms. The Morgan fingerprint density at radius 3 is 3.00 bits per heavy atom. The summed E-state index contributed by atoms with van der Waals surface area (Å²) in [5, 5.41) is 0. The smallest absolute Gasteiger partial charge is 0.256 e. The second-order valence-corrected chi connectivity index (χ2v) is 4.27. The van der Waals surface area contributed by atoms with Crippen LogP contribution in [0.2, 0.25) is 0 Å². The van der Waals surface area contributed by atoms with Crippen molar-refractivity contribution in [1.29, 1.82) is 0 Å². The number of hydrogen-bond acceptors (Lipinski definition) is 2. The number of rotatable bonds is 1. The van der Waals surface area contributed by atoms with Gasteiger partial charge in [-0.2, -0.15) is 0 Å². The van der Waals surface area contributed by atoms with E-state index in [4.69, 9.17) is 4.74 Å². The number of hydrogen-bond donors (Lipinski definition) is 0. The lowest BCUT2D eigenvalue weighted by Crippen LogP contribution is -2.36. The molecule has 2 rings (SSSR count). The van der Waals surface area contributed by atoms with Crippen molar-refractivity contribution < 1.29 is 13.9 Å². The minimum Gasteiger partial charge on any atom is -0.377 e. The topological polar surface area (TPSA) is 29.5 Å². The van der Waals surface area contributed by atoms with E-state index in [-0.39, 0.29) is 17.6 Å². The maximum absolute atomic E-state index is 13.5. The number of amides is 1. The monoisotopic (exact) mass is 237 g/mol. The fourth-order valence-electron chi connectivity index (χ4n) is 1.98. The zero-order valence-corrected chi connectivity index (χ0v) is 9.86. The maximum atomic E-state index is 13.5. The van der Waals surface area contributed by atoms with Gasteiger partial charge in [-0.3, -0.25) is 4.79 Å². The summed E-state index contributed by atoms with van der Waals surface area (Å²) in [6.45, 7) is 3.72. The molecule has 1 amide bonds. The van der Waals surface area contributed by atoms with E-state index in [1.165, 1.54) is 12.1 Å². The molecule has 4 heteroatoms. The molecular formula is C13H16FNO2. The molecule has 1 aromatic rings. The van der Waals surface area contributed by atoms with Crippen molar-refractivity contribution in [3.05, 3.63) is 35.6 Å². The first kappa shape index (κ1) is 12.0. The Morgan fingerprint density at radius 2 is 2.24 bits per heavy atom. The lowest BCUT2D eigenvalue weighted by Gasteiger charge is -2.22. The van der Waals surface area contributed by atoms with Crippen LogP contribution in [-0.2, 0) is 4.74 Å². The Bertz CT molecular complexity index is 408. The van der Waals surface area contributed by atoms with Gasteiger partial charge in [-0.15, -0.1) is 0 Å². The van der Waals surface area contributed by atoms with Crippen LogP contribution in [0.4, 0.5) is 4.39 Å². The lowest BCUT2D eigenvalue weighted by atomic mass is 10.1. The molecule has 0 radical (unpaired) electrons. The highest BCUT2D eigenvalue weighted by Gasteiger charge is 2.22. The minimum absolute atomic E-state index is 0.00761. The first-order valence-electron chi connectivity index (χ1n) is 5.84. The largest absolute Gasteiger partial charge is 0.377 e. The van der Waals surface area contributed by atoms with Gasteiger partial charge in [0.2, 0.25) is 0 Å². The predicted octanol–water partition coefficient (Wildman–Crippen LogP) is 2.08. The van der Waals surface area contributed by atoms with E-state index in [1.807, 2.05) is 6.92 Å². The molecule has 92 valence electrons. The van der Waals surface area contributed by atoms with Crippen LogP contribution in [0, 0.1) is 5.82 Å². The first-order valence-corrected chi connectivity index (χ1v) is 5.84. The second-order valence-electron chi connectivity index (χ2n) is 4.27. The molecule has 1 aromatic carbocycles. The maximum Gasteiger partial charge on any atom is 0.256 e. The van der Waals surface area contributed by atoms with E-state index in [1.54, 1.807) is 17.0 Å². The van der Waals surface area contributed by atoms with Crippen LogP contribution in [0.5, 0.6) is 0 Å². The molecule has 1 atom stereocenters. The van der Waals surface area contributed by atoms with Gasteiger partial charge in [-0.1, -0.05) is 12.1 Å². The number of ether oxygens (including phenoxy) is 1. The van der Waals surface area contributed by atoms with Crippen molar-refractivity contribution >= 4 is 5.91 Å². The average molecular weight is 237 g/mol. The van der Waals surface area contributed by atoms with Crippen LogP contribution in [0.15, 0.2) is 24.3 Å². The van der Waals surface area contributed by atoms with Crippen molar-refractivity contribution in [2.24, 2.45) is 0 Å². The van der Waals surface area contributed by atoms with Crippen molar-refractivity contribution in [3.8, 4) is 0 Å². The van der Waals surface area contributed by atoms with Crippen LogP contribution in [0.25, 0.3) is 0 Å². The lowest BCUT2D eigenvalue weighted by molar-refractivity contribution is 0.0560. The molecule has 0 N–H and O–H groups in total. The highest BCUT2D eigenvalue weighted by atomic mass is 19.1. The number of nitrogens with zero attached hydrogens (tertiary/aromatic N) is 1. The summed E-state index contributed by atoms with van der Waals surface area (Å²) < 4.78 is 19.0. The number of carbonyl (C=O) groups excluding carboxylic acids is 1. The molecule has 1 aliphatic rings. The highest BCUT2D eigenvalue weighted by Crippen LogP contribution is 2.13. The summed E-state index contributed by atoms with van der Waals surface area (Å²) in [5.41, 5.74) is 0.140. The quantitative estimate of drug-likeness (QED) is 0.748. The van der Waals surface area contributed by atoms with Crippen molar-refractivity contribution in [2.75, 3.05) is 19.7 Å². The van der Waals surface area contributed by atoms with E-state index in [0.29, 0.717) is 19.7 Å². The predicted molar refractivity (Wildman–Crippen MR) is 62.3 cm³/mol. The zero-order chi connectivity index (χ0) is 12.3. The Kier molecular flexibility index (Phi) is 3.74. The highest BCUT2D eigenvalue weighted by molar-refractivity contribution is 5.94. The fraction of sp³-hybridized carbons (Fsp3) is 0.462. The molecule has 0 bridgehead atoms. The van der Waals surface area contributed by atoms with Gasteiger partial charge in [0.1, 0.15) is 5.82 Å². The van der Waals surface area contributed by atoms with Gasteiger partial charge in [0, 0.05) is 19.7 Å². The van der Waals surface area contributed by atoms with E-state index in [9.17, 15) is 9.18 Å². The van der Waals surface area contributed by atoms with Crippen molar-refractivity contribution in [1.82, 2.24) is 4.90 Å². The molecule has 3 nitrogen and oxygen atoms in total. The number of benzene rings is 1. The minimum atomic E-state index is -0.463. The van der Waals surface area contributed by atoms with Crippen LogP contribution in [0.3, 0.4) is 0 Å². The molecule has 1 unspecified atom stereocenters. The third-order valence-electron chi connectivity index (χ3n) is 2.84. The van der Waals surface area contributed by atoms with Crippen LogP contribution in [-0.4, -0.2) is 36.6 Å². The molecule has 0 aromatic heterocycles. The summed E-state index contributed by atoms with van der Waals surface area (Å²) >= 11 is 0. The van der Waals surface area contributed by atoms with Crippen LogP contribution in [0.1, 0.15) is 23.7 Å². The Morgan fingerprint density at radius 1 is 1.47 bits per heavy atom. The van der Waals surface area contributed by atoms with Gasteiger partial charge in [0.15, 0.2) is 0 Å². The van der Waals surface area contributed by atoms with Gasteiger partial charge in [-0.25, -0.2) is 4.39 Å². The van der Waals surface area contributed by atoms with Gasteiger partial charge < -0.3 is 9.64 Å². The summed E-state index contributed by atoms with van der Waals surface area (Å²) in [6.07, 6.45) is 0.804. The Labute approximate surface area is 100 Å². The van der Waals surface area contributed by atoms with E-state index < -0.39 is 5.82 Å². The summed E-state index contributed by atoms with van der Waals surface area (Å²) in [7, 11) is 0. The second kappa shape index (κ2) is 5.27. The zero-order valence-electron chi connectivity index (χ0n) is 9.86. The van der Waals surface area contributed by atoms with E-state index in [0.717, 1.165) is 6.42 Å². The average Bonchev–Trinajstić information content (AvgIpc) is 2.54. The van der Waals surface area contributed by atoms with Gasteiger partial charge in [0.05, 0.1) is 11.7 Å². The van der Waals surface area contributed by atoms with Crippen LogP contribution >= 0.6 is 0 Å². The standard InChI is InChI=1S/C13H16FNO2/c1-10-9-15(7-4-8-17-10)13(16)11-5-2-3-6-12(11)14/h2-3,5-6,10H,4,7-9H2,1H3. The van der Waals surface area contributed by atoms with Crippen molar-refractivity contribution in [2.45, 2.75) is 19.4 Å². The Hall–Kier alpha value is -1.42. The third-order valence-corrected chi connectivity index (χ3v) is 2.84. The van der Waals surface area contributed by atoms with Gasteiger partial charge in [0.25, 0.3) is 5.91 Å². The molecule has 0 aliphatic carbocycles. The third kappa shape index (κ3) is 2.82. The molecule has 0 saturated carbocycles. The van der Waals surface area contributed by atoms with Gasteiger partial charge >= 0.3 is 0 Å². The summed E-state index contributed by atoms with van der Waals surface area (Å²) in [5.74, 6) is -0.712. The summed E-state index contributed by atoms with van der Waals surface area (Å²) in [6, 6.07) is 6.09. The van der Waals surface area contributed by atoms with E-state index in [2.05, 4.69) is 0 Å². The molecule has 1 aliphatic heterocycles.